The third-order valence-corrected chi connectivity index (χ3v) is 8.24. The van der Waals surface area contributed by atoms with Crippen LogP contribution in [-0.4, -0.2) is 18.6 Å². The van der Waals surface area contributed by atoms with Crippen molar-refractivity contribution in [1.29, 1.82) is 0 Å². The maximum atomic E-state index is 12.5. The molecule has 2 saturated carbocycles. The van der Waals surface area contributed by atoms with E-state index in [2.05, 4.69) is 60.0 Å². The number of hydrogen-bond acceptors (Lipinski definition) is 3. The van der Waals surface area contributed by atoms with Gasteiger partial charge in [-0.05, 0) is 92.0 Å². The highest BCUT2D eigenvalue weighted by atomic mass is 16.5. The first kappa shape index (κ1) is 19.4. The van der Waals surface area contributed by atoms with Crippen molar-refractivity contribution in [3.8, 4) is 0 Å². The van der Waals surface area contributed by atoms with E-state index in [1.165, 1.54) is 41.6 Å². The Morgan fingerprint density at radius 2 is 1.94 bits per heavy atom. The summed E-state index contributed by atoms with van der Waals surface area (Å²) < 4.78 is 5.63. The number of fused-ring (bicyclic) bond motifs is 7. The number of benzene rings is 2. The van der Waals surface area contributed by atoms with E-state index in [1.54, 1.807) is 0 Å². The zero-order valence-corrected chi connectivity index (χ0v) is 18.3. The Balaban J connectivity index is 1.28. The molecule has 3 fully saturated rings. The van der Waals surface area contributed by atoms with Gasteiger partial charge >= 0.3 is 0 Å². The first-order valence-corrected chi connectivity index (χ1v) is 12.0. The second kappa shape index (κ2) is 7.67. The molecule has 1 saturated heterocycles. The molecule has 2 aliphatic carbocycles. The quantitative estimate of drug-likeness (QED) is 0.662. The first-order valence-electron chi connectivity index (χ1n) is 12.0. The molecule has 0 spiro atoms. The standard InChI is InChI=1S/C27H32N2O2/c1-16-4-6-17(7-5-16)27-26-19-9-8-18(13-19)25(26)22-14-20(10-11-23(22)29-27)28-24(30)15-21-3-2-12-31-21/h4-7,10-11,14,18-19,21,25-27,29H,2-3,8-9,12-13,15H2,1H3,(H,28,30). The van der Waals surface area contributed by atoms with Crippen LogP contribution >= 0.6 is 0 Å². The minimum Gasteiger partial charge on any atom is -0.378 e. The number of carbonyl (C=O) groups is 1. The molecule has 6 atom stereocenters. The highest BCUT2D eigenvalue weighted by Gasteiger charge is 2.53. The number of carbonyl (C=O) groups excluding carboxylic acids is 1. The summed E-state index contributed by atoms with van der Waals surface area (Å²) in [6.07, 6.45) is 6.68. The zero-order valence-electron chi connectivity index (χ0n) is 18.3. The van der Waals surface area contributed by atoms with Crippen molar-refractivity contribution in [2.45, 2.75) is 63.5 Å². The van der Waals surface area contributed by atoms with E-state index in [0.717, 1.165) is 37.0 Å². The van der Waals surface area contributed by atoms with Gasteiger partial charge in [-0.3, -0.25) is 4.79 Å². The topological polar surface area (TPSA) is 50.4 Å². The van der Waals surface area contributed by atoms with Crippen molar-refractivity contribution >= 4 is 17.3 Å². The van der Waals surface area contributed by atoms with E-state index >= 15 is 0 Å². The fraction of sp³-hybridized carbons (Fsp3) is 0.519. The number of anilines is 2. The lowest BCUT2D eigenvalue weighted by Gasteiger charge is -2.43. The van der Waals surface area contributed by atoms with Gasteiger partial charge < -0.3 is 15.4 Å². The molecule has 2 N–H and O–H groups in total. The summed E-state index contributed by atoms with van der Waals surface area (Å²) in [7, 11) is 0. The fourth-order valence-corrected chi connectivity index (χ4v) is 6.89. The van der Waals surface area contributed by atoms with Crippen LogP contribution in [0.25, 0.3) is 0 Å². The molecule has 0 aromatic heterocycles. The van der Waals surface area contributed by atoms with E-state index in [4.69, 9.17) is 4.74 Å². The van der Waals surface area contributed by atoms with Gasteiger partial charge in [0.25, 0.3) is 0 Å². The molecule has 0 radical (unpaired) electrons. The molecule has 4 aliphatic rings. The summed E-state index contributed by atoms with van der Waals surface area (Å²) in [4.78, 5) is 12.5. The number of rotatable bonds is 4. The Kier molecular flexibility index (Phi) is 4.79. The van der Waals surface area contributed by atoms with Crippen LogP contribution in [0.2, 0.25) is 0 Å². The normalized spacial score (nSPS) is 32.9. The van der Waals surface area contributed by atoms with E-state index in [-0.39, 0.29) is 12.0 Å². The van der Waals surface area contributed by atoms with Crippen LogP contribution in [0.15, 0.2) is 42.5 Å². The molecule has 4 nitrogen and oxygen atoms in total. The van der Waals surface area contributed by atoms with Gasteiger partial charge in [0.05, 0.1) is 18.6 Å². The number of ether oxygens (including phenoxy) is 1. The van der Waals surface area contributed by atoms with Gasteiger partial charge in [-0.1, -0.05) is 29.8 Å². The smallest absolute Gasteiger partial charge is 0.226 e. The monoisotopic (exact) mass is 416 g/mol. The van der Waals surface area contributed by atoms with Gasteiger partial charge in [0.15, 0.2) is 0 Å². The molecule has 162 valence electrons. The number of nitrogens with one attached hydrogen (secondary N) is 2. The largest absolute Gasteiger partial charge is 0.378 e. The second-order valence-corrected chi connectivity index (χ2v) is 10.2. The first-order chi connectivity index (χ1) is 15.2. The molecular weight excluding hydrogens is 384 g/mol. The molecule has 31 heavy (non-hydrogen) atoms. The predicted octanol–water partition coefficient (Wildman–Crippen LogP) is 5.80. The second-order valence-electron chi connectivity index (χ2n) is 10.2. The molecule has 2 bridgehead atoms. The number of amides is 1. The van der Waals surface area contributed by atoms with Gasteiger partial charge in [0.1, 0.15) is 0 Å². The summed E-state index contributed by atoms with van der Waals surface area (Å²) in [6.45, 7) is 2.94. The van der Waals surface area contributed by atoms with E-state index in [0.29, 0.717) is 24.3 Å². The number of hydrogen-bond donors (Lipinski definition) is 2. The Morgan fingerprint density at radius 3 is 2.74 bits per heavy atom. The highest BCUT2D eigenvalue weighted by Crippen LogP contribution is 2.63. The Bertz CT molecular complexity index is 979. The summed E-state index contributed by atoms with van der Waals surface area (Å²) >= 11 is 0. The van der Waals surface area contributed by atoms with Crippen LogP contribution < -0.4 is 10.6 Å². The zero-order chi connectivity index (χ0) is 20.9. The van der Waals surface area contributed by atoms with Gasteiger partial charge in [0, 0.05) is 18.0 Å². The highest BCUT2D eigenvalue weighted by molar-refractivity contribution is 5.91. The van der Waals surface area contributed by atoms with Crippen molar-refractivity contribution in [2.75, 3.05) is 17.2 Å². The maximum Gasteiger partial charge on any atom is 0.226 e. The van der Waals surface area contributed by atoms with Gasteiger partial charge in [-0.2, -0.15) is 0 Å². The number of aryl methyl sites for hydroxylation is 1. The molecule has 6 unspecified atom stereocenters. The summed E-state index contributed by atoms with van der Waals surface area (Å²) in [5.74, 6) is 2.89. The van der Waals surface area contributed by atoms with Crippen LogP contribution in [0.1, 0.15) is 67.2 Å². The van der Waals surface area contributed by atoms with Crippen molar-refractivity contribution in [1.82, 2.24) is 0 Å². The molecule has 2 aromatic carbocycles. The molecule has 4 heteroatoms. The average Bonchev–Trinajstić information content (AvgIpc) is 3.52. The van der Waals surface area contributed by atoms with Gasteiger partial charge in [-0.25, -0.2) is 0 Å². The van der Waals surface area contributed by atoms with E-state index < -0.39 is 0 Å². The fourth-order valence-electron chi connectivity index (χ4n) is 6.89. The van der Waals surface area contributed by atoms with Gasteiger partial charge in [0.2, 0.25) is 5.91 Å². The van der Waals surface area contributed by atoms with Crippen LogP contribution in [0, 0.1) is 24.7 Å². The molecule has 6 rings (SSSR count). The van der Waals surface area contributed by atoms with E-state index in [9.17, 15) is 4.79 Å². The maximum absolute atomic E-state index is 12.5. The van der Waals surface area contributed by atoms with Crippen molar-refractivity contribution in [3.05, 3.63) is 59.2 Å². The Labute approximate surface area is 184 Å². The molecule has 2 heterocycles. The van der Waals surface area contributed by atoms with Crippen molar-refractivity contribution in [3.63, 3.8) is 0 Å². The molecular formula is C27H32N2O2. The van der Waals surface area contributed by atoms with Crippen molar-refractivity contribution in [2.24, 2.45) is 17.8 Å². The van der Waals surface area contributed by atoms with Crippen LogP contribution in [0.5, 0.6) is 0 Å². The lowest BCUT2D eigenvalue weighted by Crippen LogP contribution is -2.35. The Hall–Kier alpha value is -2.33. The third-order valence-electron chi connectivity index (χ3n) is 8.24. The predicted molar refractivity (Wildman–Crippen MR) is 123 cm³/mol. The average molecular weight is 417 g/mol. The van der Waals surface area contributed by atoms with Crippen LogP contribution in [-0.2, 0) is 9.53 Å². The van der Waals surface area contributed by atoms with Crippen LogP contribution in [0.4, 0.5) is 11.4 Å². The summed E-state index contributed by atoms with van der Waals surface area (Å²) in [6, 6.07) is 16.0. The Morgan fingerprint density at radius 1 is 1.10 bits per heavy atom. The minimum atomic E-state index is 0.0673. The van der Waals surface area contributed by atoms with E-state index in [1.807, 2.05) is 0 Å². The SMILES string of the molecule is Cc1ccc(C2Nc3ccc(NC(=O)CC4CCCO4)cc3C3C4CCC(C4)C23)cc1. The molecule has 2 aromatic rings. The van der Waals surface area contributed by atoms with Crippen LogP contribution in [0.3, 0.4) is 0 Å². The summed E-state index contributed by atoms with van der Waals surface area (Å²) in [5.41, 5.74) is 6.31. The molecule has 1 amide bonds. The lowest BCUT2D eigenvalue weighted by molar-refractivity contribution is -0.118. The van der Waals surface area contributed by atoms with Gasteiger partial charge in [-0.15, -0.1) is 0 Å². The minimum absolute atomic E-state index is 0.0673. The summed E-state index contributed by atoms with van der Waals surface area (Å²) in [5, 5.41) is 7.04. The lowest BCUT2D eigenvalue weighted by atomic mass is 9.68. The third kappa shape index (κ3) is 3.45. The van der Waals surface area contributed by atoms with Crippen molar-refractivity contribution < 1.29 is 9.53 Å². The molecule has 2 aliphatic heterocycles.